The van der Waals surface area contributed by atoms with E-state index in [9.17, 15) is 4.79 Å². The number of nitrogens with two attached hydrogens (primary N) is 1. The molecule has 2 aliphatic carbocycles. The topological polar surface area (TPSA) is 46.3 Å². The van der Waals surface area contributed by atoms with Crippen LogP contribution in [0.25, 0.3) is 0 Å². The van der Waals surface area contributed by atoms with Gasteiger partial charge in [-0.15, -0.1) is 0 Å². The minimum Gasteiger partial charge on any atom is -0.339 e. The summed E-state index contributed by atoms with van der Waals surface area (Å²) in [5.74, 6) is 0.991. The molecule has 2 N–H and O–H groups in total. The van der Waals surface area contributed by atoms with Crippen molar-refractivity contribution in [2.75, 3.05) is 6.54 Å². The Morgan fingerprint density at radius 3 is 2.26 bits per heavy atom. The lowest BCUT2D eigenvalue weighted by atomic mass is 9.83. The summed E-state index contributed by atoms with van der Waals surface area (Å²) in [6.07, 6.45) is 9.34. The highest BCUT2D eigenvalue weighted by Crippen LogP contribution is 2.30. The Hall–Kier alpha value is -0.570. The number of hydrogen-bond acceptors (Lipinski definition) is 2. The molecule has 0 aliphatic heterocycles. The van der Waals surface area contributed by atoms with Gasteiger partial charge in [-0.2, -0.15) is 0 Å². The van der Waals surface area contributed by atoms with Gasteiger partial charge in [-0.05, 0) is 31.6 Å². The van der Waals surface area contributed by atoms with E-state index >= 15 is 0 Å². The fourth-order valence-electron chi connectivity index (χ4n) is 3.71. The Kier molecular flexibility index (Phi) is 5.26. The van der Waals surface area contributed by atoms with Crippen LogP contribution in [0.4, 0.5) is 0 Å². The summed E-state index contributed by atoms with van der Waals surface area (Å²) in [6.45, 7) is 5.32. The van der Waals surface area contributed by atoms with Gasteiger partial charge >= 0.3 is 0 Å². The van der Waals surface area contributed by atoms with Gasteiger partial charge in [0.2, 0.25) is 5.91 Å². The van der Waals surface area contributed by atoms with Crippen molar-refractivity contribution < 1.29 is 4.79 Å². The monoisotopic (exact) mass is 266 g/mol. The van der Waals surface area contributed by atoms with Crippen LogP contribution in [0, 0.1) is 11.8 Å². The Balaban J connectivity index is 2.05. The predicted molar refractivity (Wildman–Crippen MR) is 78.7 cm³/mol. The minimum atomic E-state index is 0.0908. The van der Waals surface area contributed by atoms with Crippen LogP contribution < -0.4 is 5.73 Å². The summed E-state index contributed by atoms with van der Waals surface area (Å²) < 4.78 is 0. The van der Waals surface area contributed by atoms with E-state index in [0.29, 0.717) is 17.9 Å². The quantitative estimate of drug-likeness (QED) is 0.850. The van der Waals surface area contributed by atoms with E-state index in [1.165, 1.54) is 38.5 Å². The van der Waals surface area contributed by atoms with Crippen molar-refractivity contribution in [2.24, 2.45) is 17.6 Å². The number of nitrogens with zero attached hydrogens (tertiary/aromatic N) is 1. The molecule has 110 valence electrons. The molecule has 2 saturated carbocycles. The fraction of sp³-hybridized carbons (Fsp3) is 0.938. The van der Waals surface area contributed by atoms with Gasteiger partial charge < -0.3 is 10.6 Å². The zero-order valence-corrected chi connectivity index (χ0v) is 12.6. The molecule has 0 aromatic carbocycles. The summed E-state index contributed by atoms with van der Waals surface area (Å²) in [7, 11) is 0. The number of amides is 1. The van der Waals surface area contributed by atoms with Gasteiger partial charge in [0.05, 0.1) is 5.92 Å². The number of carbonyl (C=O) groups excluding carboxylic acids is 1. The Morgan fingerprint density at radius 2 is 1.68 bits per heavy atom. The maximum absolute atomic E-state index is 12.9. The van der Waals surface area contributed by atoms with Crippen molar-refractivity contribution in [2.45, 2.75) is 77.3 Å². The molecule has 3 heteroatoms. The molecule has 0 spiro atoms. The van der Waals surface area contributed by atoms with Crippen molar-refractivity contribution >= 4 is 5.91 Å². The lowest BCUT2D eigenvalue weighted by Gasteiger charge is -2.37. The Morgan fingerprint density at radius 1 is 1.11 bits per heavy atom. The molecule has 2 aliphatic rings. The summed E-state index contributed by atoms with van der Waals surface area (Å²) in [4.78, 5) is 15.1. The van der Waals surface area contributed by atoms with Crippen LogP contribution >= 0.6 is 0 Å². The number of hydrogen-bond donors (Lipinski definition) is 1. The van der Waals surface area contributed by atoms with E-state index in [4.69, 9.17) is 5.73 Å². The van der Waals surface area contributed by atoms with E-state index < -0.39 is 0 Å². The second-order valence-corrected chi connectivity index (χ2v) is 6.88. The zero-order chi connectivity index (χ0) is 13.8. The van der Waals surface area contributed by atoms with Crippen LogP contribution in [0.15, 0.2) is 0 Å². The second-order valence-electron chi connectivity index (χ2n) is 6.88. The van der Waals surface area contributed by atoms with Crippen LogP contribution in [0.3, 0.4) is 0 Å². The van der Waals surface area contributed by atoms with Gasteiger partial charge in [0.25, 0.3) is 0 Å². The molecule has 2 rings (SSSR count). The first-order valence-electron chi connectivity index (χ1n) is 8.15. The van der Waals surface area contributed by atoms with Gasteiger partial charge in [0, 0.05) is 18.6 Å². The van der Waals surface area contributed by atoms with Crippen LogP contribution in [0.2, 0.25) is 0 Å². The fourth-order valence-corrected chi connectivity index (χ4v) is 3.71. The third-order valence-electron chi connectivity index (χ3n) is 4.75. The van der Waals surface area contributed by atoms with Crippen molar-refractivity contribution in [3.05, 3.63) is 0 Å². The van der Waals surface area contributed by atoms with Gasteiger partial charge in [0.15, 0.2) is 0 Å². The minimum absolute atomic E-state index is 0.0908. The van der Waals surface area contributed by atoms with E-state index in [0.717, 1.165) is 19.4 Å². The average molecular weight is 266 g/mol. The molecule has 19 heavy (non-hydrogen) atoms. The van der Waals surface area contributed by atoms with Gasteiger partial charge in [-0.1, -0.05) is 39.5 Å². The Labute approximate surface area is 117 Å². The zero-order valence-electron chi connectivity index (χ0n) is 12.6. The van der Waals surface area contributed by atoms with Crippen molar-refractivity contribution in [1.82, 2.24) is 4.90 Å². The van der Waals surface area contributed by atoms with Gasteiger partial charge in [0.1, 0.15) is 0 Å². The molecule has 2 unspecified atom stereocenters. The van der Waals surface area contributed by atoms with Crippen molar-refractivity contribution in [3.63, 3.8) is 0 Å². The van der Waals surface area contributed by atoms with Crippen LogP contribution in [-0.4, -0.2) is 29.4 Å². The van der Waals surface area contributed by atoms with E-state index in [1.54, 1.807) is 0 Å². The van der Waals surface area contributed by atoms with Crippen molar-refractivity contribution in [1.29, 1.82) is 0 Å². The molecule has 0 aromatic heterocycles. The van der Waals surface area contributed by atoms with Gasteiger partial charge in [-0.25, -0.2) is 0 Å². The first-order chi connectivity index (χ1) is 9.09. The molecule has 3 nitrogen and oxygen atoms in total. The molecular formula is C16H30N2O. The highest BCUT2D eigenvalue weighted by atomic mass is 16.2. The average Bonchev–Trinajstić information content (AvgIpc) is 2.89. The smallest absolute Gasteiger partial charge is 0.227 e. The molecular weight excluding hydrogens is 236 g/mol. The molecule has 1 amide bonds. The summed E-state index contributed by atoms with van der Waals surface area (Å²) >= 11 is 0. The number of carbonyl (C=O) groups is 1. The molecule has 0 bridgehead atoms. The molecule has 0 saturated heterocycles. The molecule has 2 atom stereocenters. The SMILES string of the molecule is CC(C)CN(C(=O)C1CCCCC1N)C1CCCC1. The molecule has 0 aromatic rings. The highest BCUT2D eigenvalue weighted by Gasteiger charge is 2.35. The van der Waals surface area contributed by atoms with Crippen molar-refractivity contribution in [3.8, 4) is 0 Å². The Bertz CT molecular complexity index is 297. The van der Waals surface area contributed by atoms with E-state index in [-0.39, 0.29) is 12.0 Å². The number of rotatable bonds is 4. The van der Waals surface area contributed by atoms with E-state index in [1.807, 2.05) is 0 Å². The maximum atomic E-state index is 12.9. The first kappa shape index (κ1) is 14.8. The molecule has 0 radical (unpaired) electrons. The largest absolute Gasteiger partial charge is 0.339 e. The van der Waals surface area contributed by atoms with Crippen LogP contribution in [-0.2, 0) is 4.79 Å². The maximum Gasteiger partial charge on any atom is 0.227 e. The first-order valence-corrected chi connectivity index (χ1v) is 8.15. The summed E-state index contributed by atoms with van der Waals surface area (Å²) in [5.41, 5.74) is 6.20. The normalized spacial score (nSPS) is 28.8. The van der Waals surface area contributed by atoms with Crippen LogP contribution in [0.5, 0.6) is 0 Å². The van der Waals surface area contributed by atoms with E-state index in [2.05, 4.69) is 18.7 Å². The standard InChI is InChI=1S/C16H30N2O/c1-12(2)11-18(13-7-3-4-8-13)16(19)14-9-5-6-10-15(14)17/h12-15H,3-11,17H2,1-2H3. The molecule has 2 fully saturated rings. The van der Waals surface area contributed by atoms with Gasteiger partial charge in [-0.3, -0.25) is 4.79 Å². The highest BCUT2D eigenvalue weighted by molar-refractivity contribution is 5.80. The summed E-state index contributed by atoms with van der Waals surface area (Å²) in [5, 5.41) is 0. The third kappa shape index (κ3) is 3.71. The summed E-state index contributed by atoms with van der Waals surface area (Å²) in [6, 6.07) is 0.585. The lowest BCUT2D eigenvalue weighted by molar-refractivity contribution is -0.140. The molecule has 0 heterocycles. The predicted octanol–water partition coefficient (Wildman–Crippen LogP) is 2.93. The van der Waals surface area contributed by atoms with Crippen LogP contribution in [0.1, 0.15) is 65.2 Å². The lowest BCUT2D eigenvalue weighted by Crippen LogP contribution is -2.50. The second kappa shape index (κ2) is 6.74. The third-order valence-corrected chi connectivity index (χ3v) is 4.75.